The van der Waals surface area contributed by atoms with Gasteiger partial charge in [-0.1, -0.05) is 55.2 Å². The van der Waals surface area contributed by atoms with E-state index in [0.29, 0.717) is 28.2 Å². The fourth-order valence-corrected chi connectivity index (χ4v) is 4.64. The first-order valence-corrected chi connectivity index (χ1v) is 10.2. The molecular formula is C18H21Cl2N3OS. The summed E-state index contributed by atoms with van der Waals surface area (Å²) in [7, 11) is 0. The highest BCUT2D eigenvalue weighted by molar-refractivity contribution is 8.00. The first-order valence-electron chi connectivity index (χ1n) is 8.53. The van der Waals surface area contributed by atoms with Crippen LogP contribution in [-0.2, 0) is 11.3 Å². The van der Waals surface area contributed by atoms with Crippen molar-refractivity contribution in [3.05, 3.63) is 28.2 Å². The summed E-state index contributed by atoms with van der Waals surface area (Å²) in [5, 5.41) is 10.7. The summed E-state index contributed by atoms with van der Waals surface area (Å²) < 4.78 is 2.08. The van der Waals surface area contributed by atoms with Gasteiger partial charge in [-0.3, -0.25) is 4.79 Å². The Morgan fingerprint density at radius 1 is 1.28 bits per heavy atom. The van der Waals surface area contributed by atoms with Crippen LogP contribution in [0.5, 0.6) is 0 Å². The van der Waals surface area contributed by atoms with Crippen molar-refractivity contribution in [1.29, 1.82) is 0 Å². The number of halogens is 2. The van der Waals surface area contributed by atoms with E-state index >= 15 is 0 Å². The predicted molar refractivity (Wildman–Crippen MR) is 103 cm³/mol. The average Bonchev–Trinajstić information content (AvgIpc) is 2.92. The summed E-state index contributed by atoms with van der Waals surface area (Å²) in [6.07, 6.45) is 3.68. The van der Waals surface area contributed by atoms with Gasteiger partial charge < -0.3 is 4.57 Å². The Kier molecular flexibility index (Phi) is 6.08. The van der Waals surface area contributed by atoms with Gasteiger partial charge >= 0.3 is 0 Å². The average molecular weight is 398 g/mol. The molecule has 7 heteroatoms. The van der Waals surface area contributed by atoms with Gasteiger partial charge in [0, 0.05) is 23.6 Å². The second-order valence-electron chi connectivity index (χ2n) is 6.75. The van der Waals surface area contributed by atoms with Crippen molar-refractivity contribution >= 4 is 40.7 Å². The van der Waals surface area contributed by atoms with Crippen LogP contribution in [0.15, 0.2) is 23.4 Å². The van der Waals surface area contributed by atoms with E-state index < -0.39 is 0 Å². The normalized spacial score (nSPS) is 18.1. The van der Waals surface area contributed by atoms with Crippen molar-refractivity contribution in [2.75, 3.05) is 0 Å². The topological polar surface area (TPSA) is 47.8 Å². The number of hydrogen-bond acceptors (Lipinski definition) is 4. The Labute approximate surface area is 162 Å². The monoisotopic (exact) mass is 397 g/mol. The van der Waals surface area contributed by atoms with E-state index in [1.165, 1.54) is 11.8 Å². The molecule has 0 bridgehead atoms. The van der Waals surface area contributed by atoms with Gasteiger partial charge in [-0.15, -0.1) is 10.2 Å². The summed E-state index contributed by atoms with van der Waals surface area (Å²) in [4.78, 5) is 12.2. The Bertz CT molecular complexity index is 776. The molecule has 2 aromatic rings. The SMILES string of the molecule is CC(C)Cn1c(S[C@@H]2CCCCC2=O)nnc1-c1ccc(Cl)cc1Cl. The van der Waals surface area contributed by atoms with Gasteiger partial charge in [0.05, 0.1) is 10.3 Å². The Balaban J connectivity index is 1.96. The zero-order valence-electron chi connectivity index (χ0n) is 14.3. The summed E-state index contributed by atoms with van der Waals surface area (Å²) >= 11 is 13.9. The molecule has 4 nitrogen and oxygen atoms in total. The molecule has 0 N–H and O–H groups in total. The summed E-state index contributed by atoms with van der Waals surface area (Å²) in [5.41, 5.74) is 0.807. The molecule has 0 unspecified atom stereocenters. The minimum atomic E-state index is -0.0163. The molecule has 0 radical (unpaired) electrons. The Morgan fingerprint density at radius 2 is 2.08 bits per heavy atom. The van der Waals surface area contributed by atoms with Gasteiger partial charge in [-0.25, -0.2) is 0 Å². The number of ketones is 1. The van der Waals surface area contributed by atoms with Crippen LogP contribution in [0.3, 0.4) is 0 Å². The molecule has 1 atom stereocenters. The maximum Gasteiger partial charge on any atom is 0.192 e. The number of nitrogens with zero attached hydrogens (tertiary/aromatic N) is 3. The third-order valence-corrected chi connectivity index (χ3v) is 6.03. The van der Waals surface area contributed by atoms with Crippen LogP contribution >= 0.6 is 35.0 Å². The van der Waals surface area contributed by atoms with Gasteiger partial charge in [0.15, 0.2) is 11.0 Å². The summed E-state index contributed by atoms with van der Waals surface area (Å²) in [6.45, 7) is 5.06. The maximum atomic E-state index is 12.2. The van der Waals surface area contributed by atoms with E-state index in [4.69, 9.17) is 23.2 Å². The van der Waals surface area contributed by atoms with Crippen LogP contribution in [0.4, 0.5) is 0 Å². The quantitative estimate of drug-likeness (QED) is 0.666. The van der Waals surface area contributed by atoms with Gasteiger partial charge in [0.1, 0.15) is 5.78 Å². The zero-order chi connectivity index (χ0) is 18.0. The number of Topliss-reactive ketones (excluding diaryl/α,β-unsaturated/α-hetero) is 1. The maximum absolute atomic E-state index is 12.2. The van der Waals surface area contributed by atoms with Crippen molar-refractivity contribution in [2.24, 2.45) is 5.92 Å². The molecule has 0 spiro atoms. The fourth-order valence-electron chi connectivity index (χ4n) is 2.98. The smallest absolute Gasteiger partial charge is 0.192 e. The molecule has 1 aliphatic carbocycles. The highest BCUT2D eigenvalue weighted by Gasteiger charge is 2.27. The van der Waals surface area contributed by atoms with Crippen molar-refractivity contribution in [3.8, 4) is 11.4 Å². The standard InChI is InChI=1S/C18H21Cl2N3OS/c1-11(2)10-23-17(13-8-7-12(19)9-14(13)20)21-22-18(23)25-16-6-4-3-5-15(16)24/h7-9,11,16H,3-6,10H2,1-2H3/t16-/m1/s1. The van der Waals surface area contributed by atoms with Gasteiger partial charge in [0.2, 0.25) is 0 Å². The van der Waals surface area contributed by atoms with E-state index in [0.717, 1.165) is 42.4 Å². The van der Waals surface area contributed by atoms with Crippen LogP contribution in [0.1, 0.15) is 39.5 Å². The second-order valence-corrected chi connectivity index (χ2v) is 8.77. The van der Waals surface area contributed by atoms with Crippen LogP contribution in [0.2, 0.25) is 10.0 Å². The summed E-state index contributed by atoms with van der Waals surface area (Å²) in [5.74, 6) is 1.46. The number of carbonyl (C=O) groups excluding carboxylic acids is 1. The third-order valence-electron chi connectivity index (χ3n) is 4.18. The molecule has 1 heterocycles. The second kappa shape index (κ2) is 8.11. The predicted octanol–water partition coefficient (Wildman–Crippen LogP) is 5.51. The molecule has 0 aliphatic heterocycles. The molecule has 134 valence electrons. The van der Waals surface area contributed by atoms with Gasteiger partial charge in [-0.05, 0) is 37.0 Å². The largest absolute Gasteiger partial charge is 0.302 e. The number of thioether (sulfide) groups is 1. The molecule has 1 aliphatic rings. The van der Waals surface area contributed by atoms with Crippen molar-refractivity contribution in [1.82, 2.24) is 14.8 Å². The lowest BCUT2D eigenvalue weighted by molar-refractivity contribution is -0.119. The molecule has 1 saturated carbocycles. The molecule has 1 aromatic carbocycles. The molecule has 25 heavy (non-hydrogen) atoms. The van der Waals surface area contributed by atoms with Crippen molar-refractivity contribution < 1.29 is 4.79 Å². The number of rotatable bonds is 5. The number of benzene rings is 1. The van der Waals surface area contributed by atoms with Crippen LogP contribution in [0.25, 0.3) is 11.4 Å². The Morgan fingerprint density at radius 3 is 2.76 bits per heavy atom. The first-order chi connectivity index (χ1) is 12.0. The number of hydrogen-bond donors (Lipinski definition) is 0. The third kappa shape index (κ3) is 4.39. The van der Waals surface area contributed by atoms with Crippen LogP contribution in [0, 0.1) is 5.92 Å². The molecule has 0 amide bonds. The van der Waals surface area contributed by atoms with E-state index in [-0.39, 0.29) is 5.25 Å². The number of aromatic nitrogens is 3. The highest BCUT2D eigenvalue weighted by Crippen LogP contribution is 2.35. The van der Waals surface area contributed by atoms with Crippen molar-refractivity contribution in [2.45, 2.75) is 56.5 Å². The van der Waals surface area contributed by atoms with E-state index in [9.17, 15) is 4.79 Å². The highest BCUT2D eigenvalue weighted by atomic mass is 35.5. The molecular weight excluding hydrogens is 377 g/mol. The fraction of sp³-hybridized carbons (Fsp3) is 0.500. The zero-order valence-corrected chi connectivity index (χ0v) is 16.7. The summed E-state index contributed by atoms with van der Waals surface area (Å²) in [6, 6.07) is 5.38. The lowest BCUT2D eigenvalue weighted by Gasteiger charge is -2.20. The van der Waals surface area contributed by atoms with Crippen LogP contribution in [-0.4, -0.2) is 25.8 Å². The van der Waals surface area contributed by atoms with Crippen LogP contribution < -0.4 is 0 Å². The van der Waals surface area contributed by atoms with E-state index in [2.05, 4.69) is 28.6 Å². The Hall–Kier alpha value is -1.04. The van der Waals surface area contributed by atoms with Gasteiger partial charge in [0.25, 0.3) is 0 Å². The number of carbonyl (C=O) groups is 1. The minimum absolute atomic E-state index is 0.0163. The molecule has 3 rings (SSSR count). The van der Waals surface area contributed by atoms with Crippen molar-refractivity contribution in [3.63, 3.8) is 0 Å². The first kappa shape index (κ1) is 18.7. The van der Waals surface area contributed by atoms with E-state index in [1.807, 2.05) is 6.07 Å². The molecule has 1 aromatic heterocycles. The minimum Gasteiger partial charge on any atom is -0.302 e. The van der Waals surface area contributed by atoms with Gasteiger partial charge in [-0.2, -0.15) is 0 Å². The lowest BCUT2D eigenvalue weighted by atomic mass is 9.99. The molecule has 1 fully saturated rings. The molecule has 0 saturated heterocycles. The van der Waals surface area contributed by atoms with E-state index in [1.54, 1.807) is 12.1 Å². The lowest BCUT2D eigenvalue weighted by Crippen LogP contribution is -2.22.